The number of rotatable bonds is 4. The molecule has 4 nitrogen and oxygen atoms in total. The van der Waals surface area contributed by atoms with E-state index >= 15 is 0 Å². The second-order valence-electron chi connectivity index (χ2n) is 4.96. The van der Waals surface area contributed by atoms with Crippen LogP contribution in [0.25, 0.3) is 5.65 Å². The summed E-state index contributed by atoms with van der Waals surface area (Å²) in [5, 5.41) is 0. The summed E-state index contributed by atoms with van der Waals surface area (Å²) >= 11 is 0. The maximum atomic E-state index is 13.4. The van der Waals surface area contributed by atoms with Gasteiger partial charge in [-0.1, -0.05) is 12.1 Å². The van der Waals surface area contributed by atoms with Crippen LogP contribution in [0.2, 0.25) is 0 Å². The molecule has 21 heavy (non-hydrogen) atoms. The van der Waals surface area contributed by atoms with Gasteiger partial charge in [-0.3, -0.25) is 0 Å². The van der Waals surface area contributed by atoms with Crippen LogP contribution in [0.1, 0.15) is 24.2 Å². The lowest BCUT2D eigenvalue weighted by Crippen LogP contribution is -2.08. The fourth-order valence-corrected chi connectivity index (χ4v) is 2.22. The van der Waals surface area contributed by atoms with Crippen LogP contribution in [0.15, 0.2) is 48.8 Å². The van der Waals surface area contributed by atoms with Crippen molar-refractivity contribution in [3.05, 3.63) is 65.9 Å². The second-order valence-corrected chi connectivity index (χ2v) is 4.96. The molecule has 0 saturated carbocycles. The molecule has 108 valence electrons. The van der Waals surface area contributed by atoms with Crippen LogP contribution in [0, 0.1) is 5.82 Å². The number of pyridine rings is 1. The Morgan fingerprint density at radius 3 is 2.95 bits per heavy atom. The zero-order chi connectivity index (χ0) is 14.8. The summed E-state index contributed by atoms with van der Waals surface area (Å²) < 4.78 is 21.0. The molecule has 0 bridgehead atoms. The molecular weight excluding hydrogens is 269 g/mol. The third-order valence-corrected chi connectivity index (χ3v) is 3.26. The van der Waals surface area contributed by atoms with Gasteiger partial charge in [0.1, 0.15) is 23.8 Å². The van der Waals surface area contributed by atoms with Crippen molar-refractivity contribution < 1.29 is 9.13 Å². The molecule has 0 amide bonds. The minimum Gasteiger partial charge on any atom is -0.487 e. The van der Waals surface area contributed by atoms with Gasteiger partial charge in [0.05, 0.1) is 5.69 Å². The van der Waals surface area contributed by atoms with Crippen molar-refractivity contribution in [3.8, 4) is 5.75 Å². The zero-order valence-electron chi connectivity index (χ0n) is 11.7. The van der Waals surface area contributed by atoms with E-state index in [2.05, 4.69) is 4.98 Å². The fraction of sp³-hybridized carbons (Fsp3) is 0.188. The van der Waals surface area contributed by atoms with Crippen LogP contribution < -0.4 is 10.5 Å². The third-order valence-electron chi connectivity index (χ3n) is 3.26. The molecule has 0 fully saturated rings. The largest absolute Gasteiger partial charge is 0.487 e. The van der Waals surface area contributed by atoms with Crippen LogP contribution in [-0.2, 0) is 6.61 Å². The lowest BCUT2D eigenvalue weighted by Gasteiger charge is -2.13. The van der Waals surface area contributed by atoms with Crippen LogP contribution >= 0.6 is 0 Å². The molecule has 0 aliphatic carbocycles. The third kappa shape index (κ3) is 2.87. The lowest BCUT2D eigenvalue weighted by molar-refractivity contribution is 0.296. The van der Waals surface area contributed by atoms with Crippen LogP contribution in [0.5, 0.6) is 5.75 Å². The number of nitrogens with two attached hydrogens (primary N) is 1. The Balaban J connectivity index is 1.82. The number of nitrogens with zero attached hydrogens (tertiary/aromatic N) is 2. The van der Waals surface area contributed by atoms with E-state index in [0.29, 0.717) is 5.75 Å². The molecule has 1 atom stereocenters. The van der Waals surface area contributed by atoms with Gasteiger partial charge in [0.25, 0.3) is 0 Å². The highest BCUT2D eigenvalue weighted by atomic mass is 19.1. The number of hydrogen-bond donors (Lipinski definition) is 1. The molecule has 0 aliphatic heterocycles. The normalized spacial score (nSPS) is 12.5. The quantitative estimate of drug-likeness (QED) is 0.801. The highest BCUT2D eigenvalue weighted by molar-refractivity contribution is 5.40. The second kappa shape index (κ2) is 5.54. The number of halogens is 1. The van der Waals surface area contributed by atoms with Crippen molar-refractivity contribution in [2.45, 2.75) is 19.6 Å². The summed E-state index contributed by atoms with van der Waals surface area (Å²) in [7, 11) is 0. The van der Waals surface area contributed by atoms with Gasteiger partial charge in [-0.2, -0.15) is 0 Å². The van der Waals surface area contributed by atoms with E-state index in [1.807, 2.05) is 41.9 Å². The molecule has 1 aromatic carbocycles. The Hall–Kier alpha value is -2.40. The first-order valence-electron chi connectivity index (χ1n) is 6.74. The number of benzene rings is 1. The summed E-state index contributed by atoms with van der Waals surface area (Å²) in [4.78, 5) is 4.44. The zero-order valence-corrected chi connectivity index (χ0v) is 11.7. The number of fused-ring (bicyclic) bond motifs is 1. The average Bonchev–Trinajstić information content (AvgIpc) is 2.87. The molecule has 2 N–H and O–H groups in total. The van der Waals surface area contributed by atoms with Crippen LogP contribution in [0.4, 0.5) is 4.39 Å². The van der Waals surface area contributed by atoms with Gasteiger partial charge >= 0.3 is 0 Å². The molecular formula is C16H16FN3O. The fourth-order valence-electron chi connectivity index (χ4n) is 2.22. The van der Waals surface area contributed by atoms with Gasteiger partial charge in [0.2, 0.25) is 0 Å². The number of imidazole rings is 1. The Labute approximate surface area is 122 Å². The molecule has 5 heteroatoms. The van der Waals surface area contributed by atoms with Crippen LogP contribution in [0.3, 0.4) is 0 Å². The van der Waals surface area contributed by atoms with Gasteiger partial charge in [-0.05, 0) is 25.1 Å². The number of ether oxygens (including phenoxy) is 1. The van der Waals surface area contributed by atoms with Crippen molar-refractivity contribution in [2.75, 3.05) is 0 Å². The Morgan fingerprint density at radius 1 is 1.33 bits per heavy atom. The summed E-state index contributed by atoms with van der Waals surface area (Å²) in [6.07, 6.45) is 3.81. The molecule has 2 aromatic heterocycles. The van der Waals surface area contributed by atoms with Crippen LogP contribution in [-0.4, -0.2) is 9.38 Å². The highest BCUT2D eigenvalue weighted by Gasteiger charge is 2.10. The van der Waals surface area contributed by atoms with Gasteiger partial charge in [-0.15, -0.1) is 0 Å². The minimum atomic E-state index is -0.343. The van der Waals surface area contributed by atoms with Crippen molar-refractivity contribution in [1.82, 2.24) is 9.38 Å². The monoisotopic (exact) mass is 285 g/mol. The molecule has 2 heterocycles. The molecule has 0 radical (unpaired) electrons. The summed E-state index contributed by atoms with van der Waals surface area (Å²) in [5.74, 6) is 0.117. The first kappa shape index (κ1) is 13.6. The Bertz CT molecular complexity index is 734. The summed E-state index contributed by atoms with van der Waals surface area (Å²) in [6, 6.07) is 9.94. The van der Waals surface area contributed by atoms with Crippen molar-refractivity contribution in [2.24, 2.45) is 5.73 Å². The van der Waals surface area contributed by atoms with Gasteiger partial charge in [0.15, 0.2) is 0 Å². The topological polar surface area (TPSA) is 52.5 Å². The molecule has 3 aromatic rings. The number of aromatic nitrogens is 2. The maximum Gasteiger partial charge on any atom is 0.137 e. The Kier molecular flexibility index (Phi) is 3.58. The highest BCUT2D eigenvalue weighted by Crippen LogP contribution is 2.25. The van der Waals surface area contributed by atoms with E-state index in [1.54, 1.807) is 6.07 Å². The van der Waals surface area contributed by atoms with E-state index in [4.69, 9.17) is 10.5 Å². The maximum absolute atomic E-state index is 13.4. The van der Waals surface area contributed by atoms with E-state index in [1.165, 1.54) is 12.1 Å². The standard InChI is InChI=1S/C16H16FN3O/c1-11(18)14-6-5-12(17)8-15(14)21-10-13-9-20-7-3-2-4-16(20)19-13/h2-9,11H,10,18H2,1H3/t11-/m1/s1. The van der Waals surface area contributed by atoms with E-state index in [-0.39, 0.29) is 18.5 Å². The SMILES string of the molecule is C[C@@H](N)c1ccc(F)cc1OCc1cn2ccccc2n1. The van der Waals surface area contributed by atoms with Gasteiger partial charge in [-0.25, -0.2) is 9.37 Å². The Morgan fingerprint density at radius 2 is 2.19 bits per heavy atom. The van der Waals surface area contributed by atoms with Gasteiger partial charge < -0.3 is 14.9 Å². The van der Waals surface area contributed by atoms with Crippen molar-refractivity contribution in [3.63, 3.8) is 0 Å². The first-order chi connectivity index (χ1) is 10.1. The van der Waals surface area contributed by atoms with Gasteiger partial charge in [0, 0.05) is 30.1 Å². The predicted molar refractivity (Wildman–Crippen MR) is 78.5 cm³/mol. The molecule has 0 saturated heterocycles. The van der Waals surface area contributed by atoms with Crippen molar-refractivity contribution >= 4 is 5.65 Å². The summed E-state index contributed by atoms with van der Waals surface area (Å²) in [6.45, 7) is 2.11. The molecule has 0 aliphatic rings. The van der Waals surface area contributed by atoms with E-state index < -0.39 is 0 Å². The smallest absolute Gasteiger partial charge is 0.137 e. The summed E-state index contributed by atoms with van der Waals surface area (Å²) in [5.41, 5.74) is 8.28. The molecule has 0 unspecified atom stereocenters. The van der Waals surface area contributed by atoms with E-state index in [9.17, 15) is 4.39 Å². The predicted octanol–water partition coefficient (Wildman–Crippen LogP) is 3.07. The average molecular weight is 285 g/mol. The van der Waals surface area contributed by atoms with Crippen molar-refractivity contribution in [1.29, 1.82) is 0 Å². The van der Waals surface area contributed by atoms with E-state index in [0.717, 1.165) is 16.9 Å². The first-order valence-corrected chi connectivity index (χ1v) is 6.74. The molecule has 3 rings (SSSR count). The number of hydrogen-bond acceptors (Lipinski definition) is 3. The molecule has 0 spiro atoms. The minimum absolute atomic E-state index is 0.221. The lowest BCUT2D eigenvalue weighted by atomic mass is 10.1.